The molecule has 0 saturated carbocycles. The molecular weight excluding hydrogens is 204 g/mol. The van der Waals surface area contributed by atoms with Crippen LogP contribution in [0.5, 0.6) is 0 Å². The molecule has 0 aromatic carbocycles. The first-order valence-corrected chi connectivity index (χ1v) is 5.45. The van der Waals surface area contributed by atoms with Crippen LogP contribution in [-0.2, 0) is 0 Å². The summed E-state index contributed by atoms with van der Waals surface area (Å²) in [5.41, 5.74) is 0.0715. The molecule has 0 aliphatic heterocycles. The first-order chi connectivity index (χ1) is 7.50. The van der Waals surface area contributed by atoms with E-state index >= 15 is 0 Å². The topological polar surface area (TPSA) is 62.2 Å². The lowest BCUT2D eigenvalue weighted by atomic mass is 9.98. The minimum Gasteiger partial charge on any atom is -0.477 e. The summed E-state index contributed by atoms with van der Waals surface area (Å²) in [4.78, 5) is 14.7. The summed E-state index contributed by atoms with van der Waals surface area (Å²) in [6.45, 7) is 7.27. The second-order valence-electron chi connectivity index (χ2n) is 4.32. The quantitative estimate of drug-likeness (QED) is 0.803. The lowest BCUT2D eigenvalue weighted by Gasteiger charge is -2.16. The fourth-order valence-corrected chi connectivity index (χ4v) is 1.15. The molecule has 4 nitrogen and oxygen atoms in total. The number of rotatable bonds is 5. The van der Waals surface area contributed by atoms with Crippen molar-refractivity contribution in [2.24, 2.45) is 11.8 Å². The van der Waals surface area contributed by atoms with Gasteiger partial charge in [-0.15, -0.1) is 0 Å². The van der Waals surface area contributed by atoms with Gasteiger partial charge in [0.15, 0.2) is 5.69 Å². The third-order valence-corrected chi connectivity index (χ3v) is 2.71. The van der Waals surface area contributed by atoms with Crippen molar-refractivity contribution >= 4 is 11.8 Å². The van der Waals surface area contributed by atoms with Crippen LogP contribution < -0.4 is 5.32 Å². The van der Waals surface area contributed by atoms with Gasteiger partial charge in [0.25, 0.3) is 0 Å². The van der Waals surface area contributed by atoms with E-state index in [0.29, 0.717) is 17.7 Å². The average molecular weight is 222 g/mol. The van der Waals surface area contributed by atoms with Gasteiger partial charge in [-0.25, -0.2) is 9.78 Å². The molecule has 1 rings (SSSR count). The van der Waals surface area contributed by atoms with Crippen LogP contribution >= 0.6 is 0 Å². The second kappa shape index (κ2) is 5.49. The zero-order valence-corrected chi connectivity index (χ0v) is 9.90. The maximum absolute atomic E-state index is 10.7. The molecule has 1 aromatic rings. The van der Waals surface area contributed by atoms with Crippen LogP contribution in [-0.4, -0.2) is 22.6 Å². The Morgan fingerprint density at radius 2 is 2.12 bits per heavy atom. The van der Waals surface area contributed by atoms with E-state index in [2.05, 4.69) is 31.1 Å². The molecule has 0 aliphatic carbocycles. The number of carbonyl (C=O) groups is 1. The zero-order valence-electron chi connectivity index (χ0n) is 9.90. The van der Waals surface area contributed by atoms with Gasteiger partial charge in [0, 0.05) is 6.54 Å². The minimum absolute atomic E-state index is 0.0715. The van der Waals surface area contributed by atoms with Crippen molar-refractivity contribution in [3.05, 3.63) is 23.9 Å². The minimum atomic E-state index is -0.999. The highest BCUT2D eigenvalue weighted by Crippen LogP contribution is 2.11. The van der Waals surface area contributed by atoms with Gasteiger partial charge in [0.1, 0.15) is 5.82 Å². The van der Waals surface area contributed by atoms with E-state index in [-0.39, 0.29) is 5.69 Å². The van der Waals surface area contributed by atoms with E-state index in [1.165, 1.54) is 6.07 Å². The van der Waals surface area contributed by atoms with Crippen molar-refractivity contribution in [1.82, 2.24) is 4.98 Å². The normalized spacial score (nSPS) is 12.5. The smallest absolute Gasteiger partial charge is 0.354 e. The SMILES string of the molecule is CC(C)C(C)CNc1cccc(C(=O)O)n1. The highest BCUT2D eigenvalue weighted by molar-refractivity contribution is 5.85. The van der Waals surface area contributed by atoms with Crippen LogP contribution in [0.4, 0.5) is 5.82 Å². The number of carboxylic acids is 1. The Morgan fingerprint density at radius 1 is 1.44 bits per heavy atom. The highest BCUT2D eigenvalue weighted by atomic mass is 16.4. The van der Waals surface area contributed by atoms with Crippen LogP contribution in [0.1, 0.15) is 31.3 Å². The predicted octanol–water partition coefficient (Wildman–Crippen LogP) is 2.48. The second-order valence-corrected chi connectivity index (χ2v) is 4.32. The van der Waals surface area contributed by atoms with Crippen LogP contribution in [0.2, 0.25) is 0 Å². The molecule has 0 spiro atoms. The van der Waals surface area contributed by atoms with Gasteiger partial charge in [-0.2, -0.15) is 0 Å². The molecule has 1 unspecified atom stereocenters. The Kier molecular flexibility index (Phi) is 4.28. The molecule has 4 heteroatoms. The third kappa shape index (κ3) is 3.53. The van der Waals surface area contributed by atoms with Crippen molar-refractivity contribution in [2.45, 2.75) is 20.8 Å². The maximum atomic E-state index is 10.7. The van der Waals surface area contributed by atoms with Crippen molar-refractivity contribution in [3.8, 4) is 0 Å². The van der Waals surface area contributed by atoms with Gasteiger partial charge in [0.05, 0.1) is 0 Å². The summed E-state index contributed by atoms with van der Waals surface area (Å²) < 4.78 is 0. The van der Waals surface area contributed by atoms with E-state index in [4.69, 9.17) is 5.11 Å². The number of hydrogen-bond acceptors (Lipinski definition) is 3. The Hall–Kier alpha value is -1.58. The van der Waals surface area contributed by atoms with Gasteiger partial charge < -0.3 is 10.4 Å². The van der Waals surface area contributed by atoms with Gasteiger partial charge in [-0.3, -0.25) is 0 Å². The number of aromatic nitrogens is 1. The van der Waals surface area contributed by atoms with Gasteiger partial charge in [-0.05, 0) is 24.0 Å². The molecule has 0 aliphatic rings. The molecule has 0 saturated heterocycles. The first-order valence-electron chi connectivity index (χ1n) is 5.45. The Labute approximate surface area is 95.7 Å². The number of hydrogen-bond donors (Lipinski definition) is 2. The summed E-state index contributed by atoms with van der Waals surface area (Å²) >= 11 is 0. The summed E-state index contributed by atoms with van der Waals surface area (Å²) in [5, 5.41) is 11.9. The van der Waals surface area contributed by atoms with Crippen LogP contribution in [0, 0.1) is 11.8 Å². The van der Waals surface area contributed by atoms with Crippen molar-refractivity contribution in [3.63, 3.8) is 0 Å². The molecule has 0 radical (unpaired) electrons. The van der Waals surface area contributed by atoms with Crippen LogP contribution in [0.25, 0.3) is 0 Å². The zero-order chi connectivity index (χ0) is 12.1. The van der Waals surface area contributed by atoms with Gasteiger partial charge >= 0.3 is 5.97 Å². The Bertz CT molecular complexity index is 364. The van der Waals surface area contributed by atoms with Gasteiger partial charge in [-0.1, -0.05) is 26.8 Å². The maximum Gasteiger partial charge on any atom is 0.354 e. The molecular formula is C12H18N2O2. The standard InChI is InChI=1S/C12H18N2O2/c1-8(2)9(3)7-13-11-6-4-5-10(14-11)12(15)16/h4-6,8-9H,7H2,1-3H3,(H,13,14)(H,15,16). The number of aromatic carboxylic acids is 1. The molecule has 1 aromatic heterocycles. The molecule has 2 N–H and O–H groups in total. The van der Waals surface area contributed by atoms with E-state index in [1.54, 1.807) is 12.1 Å². The van der Waals surface area contributed by atoms with Crippen molar-refractivity contribution in [2.75, 3.05) is 11.9 Å². The molecule has 88 valence electrons. The molecule has 0 amide bonds. The molecule has 1 atom stereocenters. The third-order valence-electron chi connectivity index (χ3n) is 2.71. The highest BCUT2D eigenvalue weighted by Gasteiger charge is 2.08. The van der Waals surface area contributed by atoms with E-state index < -0.39 is 5.97 Å². The predicted molar refractivity (Wildman–Crippen MR) is 63.7 cm³/mol. The summed E-state index contributed by atoms with van der Waals surface area (Å²) in [6.07, 6.45) is 0. The van der Waals surface area contributed by atoms with Crippen LogP contribution in [0.3, 0.4) is 0 Å². The van der Waals surface area contributed by atoms with E-state index in [0.717, 1.165) is 6.54 Å². The largest absolute Gasteiger partial charge is 0.477 e. The molecule has 16 heavy (non-hydrogen) atoms. The molecule has 1 heterocycles. The molecule has 0 fully saturated rings. The number of nitrogens with one attached hydrogen (secondary N) is 1. The van der Waals surface area contributed by atoms with E-state index in [1.807, 2.05) is 0 Å². The first kappa shape index (κ1) is 12.5. The monoisotopic (exact) mass is 222 g/mol. The lowest BCUT2D eigenvalue weighted by Crippen LogP contribution is -2.17. The number of anilines is 1. The van der Waals surface area contributed by atoms with Crippen molar-refractivity contribution < 1.29 is 9.90 Å². The lowest BCUT2D eigenvalue weighted by molar-refractivity contribution is 0.0690. The number of pyridine rings is 1. The summed E-state index contributed by atoms with van der Waals surface area (Å²) in [6, 6.07) is 4.96. The number of nitrogens with zero attached hydrogens (tertiary/aromatic N) is 1. The average Bonchev–Trinajstić information content (AvgIpc) is 2.26. The summed E-state index contributed by atoms with van der Waals surface area (Å²) in [5.74, 6) is 0.735. The fourth-order valence-electron chi connectivity index (χ4n) is 1.15. The Morgan fingerprint density at radius 3 is 2.69 bits per heavy atom. The fraction of sp³-hybridized carbons (Fsp3) is 0.500. The molecule has 0 bridgehead atoms. The summed E-state index contributed by atoms with van der Waals surface area (Å²) in [7, 11) is 0. The van der Waals surface area contributed by atoms with E-state index in [9.17, 15) is 4.79 Å². The number of carboxylic acid groups (broad SMARTS) is 1. The van der Waals surface area contributed by atoms with Crippen LogP contribution in [0.15, 0.2) is 18.2 Å². The Balaban J connectivity index is 2.61. The van der Waals surface area contributed by atoms with Crippen molar-refractivity contribution in [1.29, 1.82) is 0 Å². The van der Waals surface area contributed by atoms with Gasteiger partial charge in [0.2, 0.25) is 0 Å².